The van der Waals surface area contributed by atoms with Crippen LogP contribution in [0.3, 0.4) is 0 Å². The highest BCUT2D eigenvalue weighted by molar-refractivity contribution is 6.32. The highest BCUT2D eigenvalue weighted by Crippen LogP contribution is 2.50. The molecule has 5 aromatic carbocycles. The van der Waals surface area contributed by atoms with Gasteiger partial charge >= 0.3 is 0 Å². The van der Waals surface area contributed by atoms with E-state index in [0.29, 0.717) is 12.0 Å². The van der Waals surface area contributed by atoms with Crippen molar-refractivity contribution in [3.8, 4) is 0 Å². The van der Waals surface area contributed by atoms with Crippen LogP contribution in [-0.4, -0.2) is 21.5 Å². The van der Waals surface area contributed by atoms with Crippen LogP contribution in [0.25, 0.3) is 65.5 Å². The summed E-state index contributed by atoms with van der Waals surface area (Å²) >= 11 is 0. The minimum atomic E-state index is -0.420. The van der Waals surface area contributed by atoms with Crippen LogP contribution in [0.2, 0.25) is 0 Å². The number of allylic oxidation sites excluding steroid dienone is 10. The lowest BCUT2D eigenvalue weighted by atomic mass is 9.68. The zero-order valence-electron chi connectivity index (χ0n) is 27.9. The molecule has 0 radical (unpaired) electrons. The second-order valence-corrected chi connectivity index (χ2v) is 14.6. The maximum atomic E-state index is 14.4. The number of pyridine rings is 2. The van der Waals surface area contributed by atoms with E-state index >= 15 is 0 Å². The van der Waals surface area contributed by atoms with E-state index in [1.165, 1.54) is 21.5 Å². The van der Waals surface area contributed by atoms with Gasteiger partial charge in [-0.05, 0) is 73.7 Å². The van der Waals surface area contributed by atoms with E-state index in [1.54, 1.807) is 0 Å². The summed E-state index contributed by atoms with van der Waals surface area (Å²) in [5.74, 6) is -0.728. The highest BCUT2D eigenvalue weighted by Gasteiger charge is 2.43. The maximum absolute atomic E-state index is 14.4. The Hall–Kier alpha value is -6.52. The molecular weight excluding hydrogens is 637 g/mol. The number of carbonyl (C=O) groups excluding carboxylic acids is 2. The molecule has 0 saturated carbocycles. The van der Waals surface area contributed by atoms with Crippen LogP contribution in [0.15, 0.2) is 140 Å². The van der Waals surface area contributed by atoms with Crippen molar-refractivity contribution in [3.63, 3.8) is 0 Å². The van der Waals surface area contributed by atoms with Crippen molar-refractivity contribution >= 4 is 77.1 Å². The summed E-state index contributed by atoms with van der Waals surface area (Å²) in [7, 11) is 0. The van der Waals surface area contributed by atoms with Gasteiger partial charge in [0.25, 0.3) is 0 Å². The molecule has 5 aliphatic rings. The van der Waals surface area contributed by atoms with Crippen molar-refractivity contribution in [2.75, 3.05) is 0 Å². The lowest BCUT2D eigenvalue weighted by Crippen LogP contribution is -2.33. The Morgan fingerprint density at radius 2 is 1.31 bits per heavy atom. The third-order valence-corrected chi connectivity index (χ3v) is 11.9. The third-order valence-electron chi connectivity index (χ3n) is 11.9. The maximum Gasteiger partial charge on any atom is 0.174 e. The monoisotopic (exact) mass is 664 g/mol. The topological polar surface area (TPSA) is 59.9 Å². The summed E-state index contributed by atoms with van der Waals surface area (Å²) in [5, 5.41) is 8.41. The first-order chi connectivity index (χ1) is 25.6. The van der Waals surface area contributed by atoms with Gasteiger partial charge in [0.05, 0.1) is 34.1 Å². The molecule has 0 aliphatic heterocycles. The quantitative estimate of drug-likeness (QED) is 0.185. The lowest BCUT2D eigenvalue weighted by molar-refractivity contribution is -0.116. The summed E-state index contributed by atoms with van der Waals surface area (Å²) in [4.78, 5) is 39.5. The second kappa shape index (κ2) is 10.0. The van der Waals surface area contributed by atoms with Crippen molar-refractivity contribution in [2.24, 2.45) is 11.8 Å². The Labute approximate surface area is 298 Å². The number of ketones is 2. The van der Waals surface area contributed by atoms with E-state index in [4.69, 9.17) is 9.97 Å². The van der Waals surface area contributed by atoms with E-state index in [2.05, 4.69) is 127 Å². The Morgan fingerprint density at radius 3 is 2.06 bits per heavy atom. The first-order valence-corrected chi connectivity index (χ1v) is 18.0. The first-order valence-electron chi connectivity index (χ1n) is 18.0. The van der Waals surface area contributed by atoms with Crippen molar-refractivity contribution in [2.45, 2.75) is 12.3 Å². The van der Waals surface area contributed by atoms with Gasteiger partial charge in [0.15, 0.2) is 11.6 Å². The zero-order valence-corrected chi connectivity index (χ0v) is 27.9. The number of nitrogens with zero attached hydrogens (tertiary/aromatic N) is 2. The van der Waals surface area contributed by atoms with Gasteiger partial charge in [-0.2, -0.15) is 0 Å². The predicted molar refractivity (Wildman–Crippen MR) is 209 cm³/mol. The fraction of sp³-hybridized carbons (Fsp3) is 0.0833. The Kier molecular flexibility index (Phi) is 5.45. The fourth-order valence-electron chi connectivity index (χ4n) is 9.46. The van der Waals surface area contributed by atoms with Crippen molar-refractivity contribution < 1.29 is 9.59 Å². The molecule has 242 valence electrons. The summed E-state index contributed by atoms with van der Waals surface area (Å²) in [6.07, 6.45) is 15.4. The number of carbonyl (C=O) groups is 2. The lowest BCUT2D eigenvalue weighted by Gasteiger charge is -2.35. The van der Waals surface area contributed by atoms with E-state index in [1.807, 2.05) is 12.1 Å². The molecule has 5 aliphatic carbocycles. The molecule has 3 atom stereocenters. The van der Waals surface area contributed by atoms with Crippen LogP contribution in [-0.2, 0) is 11.2 Å². The molecule has 2 aromatic heterocycles. The molecular formula is C48H28N2O2. The van der Waals surface area contributed by atoms with E-state index < -0.39 is 5.92 Å². The van der Waals surface area contributed by atoms with Crippen LogP contribution < -0.4 is 5.35 Å². The SMILES string of the molecule is O=C1c2ccc3nc4c5c6c(nc(c2c36)=C2C=CC(c3ccc6ccccc6c3)=CC12)CC=C5C(=O)C1C=C(c2ccc3ccccc3c2)C=CC41. The van der Waals surface area contributed by atoms with Gasteiger partial charge in [-0.3, -0.25) is 19.6 Å². The molecule has 7 aromatic rings. The molecule has 4 nitrogen and oxygen atoms in total. The predicted octanol–water partition coefficient (Wildman–Crippen LogP) is 9.30. The Balaban J connectivity index is 1.02. The van der Waals surface area contributed by atoms with Crippen molar-refractivity contribution in [1.82, 2.24) is 9.97 Å². The zero-order chi connectivity index (χ0) is 34.2. The van der Waals surface area contributed by atoms with Crippen molar-refractivity contribution in [3.05, 3.63) is 179 Å². The standard InChI is InChI=1S/C48H28N2O2/c51-47-35-17-19-40-43-41(35)45(33-15-13-31(23-37(33)47)29-11-9-25-5-1-3-7-27(25)21-29)49-39-20-18-36-42(44(39)43)46(50-40)34-16-14-32(24-38(34)48(36)52)30-12-10-26-6-2-4-8-28(26)22-30/h1-19,21-24,34,37-38H,20H2. The van der Waals surface area contributed by atoms with Gasteiger partial charge in [-0.1, -0.05) is 115 Å². The van der Waals surface area contributed by atoms with Crippen LogP contribution in [0.5, 0.6) is 0 Å². The number of fused-ring (bicyclic) bond motifs is 5. The van der Waals surface area contributed by atoms with Crippen LogP contribution >= 0.6 is 0 Å². The molecule has 0 spiro atoms. The smallest absolute Gasteiger partial charge is 0.174 e. The van der Waals surface area contributed by atoms with Gasteiger partial charge in [-0.25, -0.2) is 0 Å². The summed E-state index contributed by atoms with van der Waals surface area (Å²) in [6.45, 7) is 0. The van der Waals surface area contributed by atoms with Gasteiger partial charge < -0.3 is 0 Å². The molecule has 2 heterocycles. The Bertz CT molecular complexity index is 3100. The van der Waals surface area contributed by atoms with Gasteiger partial charge in [-0.15, -0.1) is 0 Å². The van der Waals surface area contributed by atoms with Gasteiger partial charge in [0, 0.05) is 45.2 Å². The van der Waals surface area contributed by atoms with E-state index in [-0.39, 0.29) is 23.4 Å². The summed E-state index contributed by atoms with van der Waals surface area (Å²) < 4.78 is 0. The number of rotatable bonds is 2. The molecule has 52 heavy (non-hydrogen) atoms. The van der Waals surface area contributed by atoms with Gasteiger partial charge in [0.1, 0.15) is 0 Å². The molecule has 0 fully saturated rings. The van der Waals surface area contributed by atoms with Gasteiger partial charge in [0.2, 0.25) is 0 Å². The van der Waals surface area contributed by atoms with E-state index in [0.717, 1.165) is 77.4 Å². The largest absolute Gasteiger partial charge is 0.293 e. The normalized spacial score (nSPS) is 21.0. The number of hydrogen-bond donors (Lipinski definition) is 0. The number of hydrogen-bond acceptors (Lipinski definition) is 4. The minimum Gasteiger partial charge on any atom is -0.293 e. The molecule has 3 unspecified atom stereocenters. The van der Waals surface area contributed by atoms with Crippen LogP contribution in [0, 0.1) is 11.8 Å². The molecule has 0 bridgehead atoms. The summed E-state index contributed by atoms with van der Waals surface area (Å²) in [5.41, 5.74) is 10.3. The number of benzene rings is 5. The molecule has 4 heteroatoms. The van der Waals surface area contributed by atoms with Crippen molar-refractivity contribution in [1.29, 1.82) is 0 Å². The summed E-state index contributed by atoms with van der Waals surface area (Å²) in [6, 6.07) is 33.6. The average molecular weight is 665 g/mol. The van der Waals surface area contributed by atoms with Crippen LogP contribution in [0.4, 0.5) is 0 Å². The first kappa shape index (κ1) is 28.2. The molecule has 0 amide bonds. The highest BCUT2D eigenvalue weighted by atomic mass is 16.1. The number of Topliss-reactive ketones (excluding diaryl/α,β-unsaturated/α-hetero) is 2. The second-order valence-electron chi connectivity index (χ2n) is 14.6. The minimum absolute atomic E-state index is 0.0751. The van der Waals surface area contributed by atoms with E-state index in [9.17, 15) is 9.59 Å². The fourth-order valence-corrected chi connectivity index (χ4v) is 9.46. The molecule has 0 N–H and O–H groups in total. The Morgan fingerprint density at radius 1 is 0.596 bits per heavy atom. The third kappa shape index (κ3) is 3.71. The number of aromatic nitrogens is 2. The average Bonchev–Trinajstić information content (AvgIpc) is 3.20. The molecule has 12 rings (SSSR count). The molecule has 0 saturated heterocycles. The van der Waals surface area contributed by atoms with Crippen LogP contribution in [0.1, 0.15) is 44.4 Å².